The first kappa shape index (κ1) is 11.0. The molecule has 0 fully saturated rings. The average molecular weight is 241 g/mol. The van der Waals surface area contributed by atoms with Gasteiger partial charge in [-0.25, -0.2) is 4.98 Å². The van der Waals surface area contributed by atoms with E-state index in [0.29, 0.717) is 11.7 Å². The molecular formula is C14H15N3O. The third-order valence-corrected chi connectivity index (χ3v) is 3.14. The summed E-state index contributed by atoms with van der Waals surface area (Å²) in [7, 11) is 2.01. The maximum Gasteiger partial charge on any atom is 0.243 e. The number of hydrogen-bond acceptors (Lipinski definition) is 3. The van der Waals surface area contributed by atoms with Gasteiger partial charge in [0.15, 0.2) is 0 Å². The topological polar surface area (TPSA) is 57.0 Å². The number of nitrogens with two attached hydrogens (primary N) is 1. The van der Waals surface area contributed by atoms with Crippen molar-refractivity contribution in [3.8, 4) is 11.6 Å². The van der Waals surface area contributed by atoms with Crippen molar-refractivity contribution in [3.05, 3.63) is 42.3 Å². The molecule has 0 bridgehead atoms. The number of hydrogen-bond donors (Lipinski definition) is 1. The van der Waals surface area contributed by atoms with E-state index in [2.05, 4.69) is 27.8 Å². The van der Waals surface area contributed by atoms with Crippen LogP contribution >= 0.6 is 0 Å². The maximum absolute atomic E-state index is 5.78. The number of aromatic nitrogens is 2. The van der Waals surface area contributed by atoms with Crippen molar-refractivity contribution in [2.45, 2.75) is 13.0 Å². The van der Waals surface area contributed by atoms with Crippen molar-refractivity contribution in [3.63, 3.8) is 0 Å². The van der Waals surface area contributed by atoms with E-state index >= 15 is 0 Å². The molecule has 1 unspecified atom stereocenters. The van der Waals surface area contributed by atoms with E-state index < -0.39 is 0 Å². The van der Waals surface area contributed by atoms with Crippen molar-refractivity contribution >= 4 is 10.9 Å². The molecule has 0 aliphatic carbocycles. The Hall–Kier alpha value is -2.07. The van der Waals surface area contributed by atoms with Crippen LogP contribution in [-0.2, 0) is 7.05 Å². The Morgan fingerprint density at radius 1 is 1.33 bits per heavy atom. The van der Waals surface area contributed by atoms with Gasteiger partial charge in [-0.1, -0.05) is 18.2 Å². The third-order valence-electron chi connectivity index (χ3n) is 3.14. The van der Waals surface area contributed by atoms with Crippen LogP contribution in [0.25, 0.3) is 22.5 Å². The number of oxazole rings is 1. The van der Waals surface area contributed by atoms with Crippen molar-refractivity contribution in [2.75, 3.05) is 0 Å². The van der Waals surface area contributed by atoms with E-state index in [1.165, 1.54) is 5.39 Å². The summed E-state index contributed by atoms with van der Waals surface area (Å²) in [5.74, 6) is 1.32. The summed E-state index contributed by atoms with van der Waals surface area (Å²) in [6.45, 7) is 1.88. The predicted octanol–water partition coefficient (Wildman–Crippen LogP) is 2.85. The number of fused-ring (bicyclic) bond motifs is 1. The van der Waals surface area contributed by atoms with Gasteiger partial charge >= 0.3 is 0 Å². The summed E-state index contributed by atoms with van der Waals surface area (Å²) in [4.78, 5) is 4.30. The summed E-state index contributed by atoms with van der Waals surface area (Å²) in [6.07, 6.45) is 1.69. The fourth-order valence-corrected chi connectivity index (χ4v) is 2.11. The van der Waals surface area contributed by atoms with E-state index in [4.69, 9.17) is 10.2 Å². The van der Waals surface area contributed by atoms with Crippen LogP contribution in [-0.4, -0.2) is 9.55 Å². The Morgan fingerprint density at radius 3 is 2.78 bits per heavy atom. The molecule has 2 N–H and O–H groups in total. The van der Waals surface area contributed by atoms with Crippen LogP contribution < -0.4 is 5.73 Å². The molecule has 3 rings (SSSR count). The number of para-hydroxylation sites is 1. The highest BCUT2D eigenvalue weighted by Gasteiger charge is 2.14. The van der Waals surface area contributed by atoms with Crippen molar-refractivity contribution < 1.29 is 4.42 Å². The quantitative estimate of drug-likeness (QED) is 0.750. The Balaban J connectivity index is 2.15. The Morgan fingerprint density at radius 2 is 2.11 bits per heavy atom. The molecule has 18 heavy (non-hydrogen) atoms. The summed E-state index contributed by atoms with van der Waals surface area (Å²) in [5, 5.41) is 1.18. The van der Waals surface area contributed by atoms with Gasteiger partial charge < -0.3 is 14.7 Å². The second kappa shape index (κ2) is 3.99. The van der Waals surface area contributed by atoms with Crippen molar-refractivity contribution in [2.24, 2.45) is 12.8 Å². The lowest BCUT2D eigenvalue weighted by Crippen LogP contribution is -2.02. The smallest absolute Gasteiger partial charge is 0.243 e. The van der Waals surface area contributed by atoms with Crippen LogP contribution in [0.1, 0.15) is 18.7 Å². The molecule has 4 heteroatoms. The Bertz CT molecular complexity index is 694. The fraction of sp³-hybridized carbons (Fsp3) is 0.214. The second-order valence-corrected chi connectivity index (χ2v) is 4.50. The van der Waals surface area contributed by atoms with Crippen LogP contribution in [0, 0.1) is 0 Å². The zero-order valence-corrected chi connectivity index (χ0v) is 10.4. The molecule has 2 aromatic heterocycles. The highest BCUT2D eigenvalue weighted by atomic mass is 16.4. The zero-order valence-electron chi connectivity index (χ0n) is 10.4. The molecule has 2 heterocycles. The molecule has 0 saturated carbocycles. The molecule has 1 atom stereocenters. The van der Waals surface area contributed by atoms with Crippen LogP contribution in [0.5, 0.6) is 0 Å². The van der Waals surface area contributed by atoms with E-state index in [1.807, 2.05) is 26.1 Å². The van der Waals surface area contributed by atoms with Crippen molar-refractivity contribution in [1.29, 1.82) is 0 Å². The lowest BCUT2D eigenvalue weighted by molar-refractivity contribution is 0.485. The van der Waals surface area contributed by atoms with Gasteiger partial charge in [-0.3, -0.25) is 0 Å². The summed E-state index contributed by atoms with van der Waals surface area (Å²) >= 11 is 0. The van der Waals surface area contributed by atoms with Crippen LogP contribution in [0.4, 0.5) is 0 Å². The van der Waals surface area contributed by atoms with Gasteiger partial charge in [0.2, 0.25) is 5.89 Å². The molecule has 1 aromatic carbocycles. The monoisotopic (exact) mass is 241 g/mol. The SMILES string of the molecule is CC(N)c1cnc(-c2cc3ccccc3n2C)o1. The molecule has 0 amide bonds. The highest BCUT2D eigenvalue weighted by molar-refractivity contribution is 5.85. The first-order valence-corrected chi connectivity index (χ1v) is 5.93. The van der Waals surface area contributed by atoms with E-state index in [0.717, 1.165) is 11.2 Å². The summed E-state index contributed by atoms with van der Waals surface area (Å²) < 4.78 is 7.76. The molecule has 4 nitrogen and oxygen atoms in total. The highest BCUT2D eigenvalue weighted by Crippen LogP contribution is 2.27. The van der Waals surface area contributed by atoms with Gasteiger partial charge in [-0.15, -0.1) is 0 Å². The summed E-state index contributed by atoms with van der Waals surface area (Å²) in [5.41, 5.74) is 7.90. The molecule has 0 spiro atoms. The normalized spacial score (nSPS) is 13.1. The van der Waals surface area contributed by atoms with Gasteiger partial charge in [0.05, 0.1) is 12.2 Å². The van der Waals surface area contributed by atoms with E-state index in [1.54, 1.807) is 6.20 Å². The third kappa shape index (κ3) is 1.62. The number of rotatable bonds is 2. The second-order valence-electron chi connectivity index (χ2n) is 4.50. The Kier molecular flexibility index (Phi) is 2.45. The molecule has 92 valence electrons. The van der Waals surface area contributed by atoms with Gasteiger partial charge in [-0.05, 0) is 19.1 Å². The minimum absolute atomic E-state index is 0.138. The predicted molar refractivity (Wildman–Crippen MR) is 71.0 cm³/mol. The maximum atomic E-state index is 5.78. The standard InChI is InChI=1S/C14H15N3O/c1-9(15)13-8-16-14(18-13)12-7-10-5-3-4-6-11(10)17(12)2/h3-9H,15H2,1-2H3. The lowest BCUT2D eigenvalue weighted by Gasteiger charge is -2.00. The van der Waals surface area contributed by atoms with Gasteiger partial charge in [-0.2, -0.15) is 0 Å². The molecule has 0 saturated heterocycles. The van der Waals surface area contributed by atoms with Gasteiger partial charge in [0, 0.05) is 18.0 Å². The minimum Gasteiger partial charge on any atom is -0.438 e. The molecule has 0 aliphatic rings. The average Bonchev–Trinajstić information content (AvgIpc) is 2.95. The largest absolute Gasteiger partial charge is 0.438 e. The van der Waals surface area contributed by atoms with Crippen LogP contribution in [0.15, 0.2) is 40.9 Å². The molecule has 0 radical (unpaired) electrons. The van der Waals surface area contributed by atoms with E-state index in [9.17, 15) is 0 Å². The number of nitrogens with zero attached hydrogens (tertiary/aromatic N) is 2. The Labute approximate surface area is 105 Å². The zero-order chi connectivity index (χ0) is 12.7. The molecular weight excluding hydrogens is 226 g/mol. The first-order chi connectivity index (χ1) is 8.66. The fourth-order valence-electron chi connectivity index (χ4n) is 2.11. The molecule has 0 aliphatic heterocycles. The molecule has 3 aromatic rings. The number of benzene rings is 1. The van der Waals surface area contributed by atoms with Crippen LogP contribution in [0.3, 0.4) is 0 Å². The summed E-state index contributed by atoms with van der Waals surface area (Å²) in [6, 6.07) is 10.1. The van der Waals surface area contributed by atoms with Gasteiger partial charge in [0.25, 0.3) is 0 Å². The van der Waals surface area contributed by atoms with Crippen LogP contribution in [0.2, 0.25) is 0 Å². The van der Waals surface area contributed by atoms with E-state index in [-0.39, 0.29) is 6.04 Å². The first-order valence-electron chi connectivity index (χ1n) is 5.93. The van der Waals surface area contributed by atoms with Gasteiger partial charge in [0.1, 0.15) is 11.5 Å². The lowest BCUT2D eigenvalue weighted by atomic mass is 10.2. The van der Waals surface area contributed by atoms with Crippen molar-refractivity contribution in [1.82, 2.24) is 9.55 Å². The number of aryl methyl sites for hydroxylation is 1. The minimum atomic E-state index is -0.138.